The first-order valence-electron chi connectivity index (χ1n) is 7.09. The fraction of sp³-hybridized carbons (Fsp3) is 1.00. The van der Waals surface area contributed by atoms with Crippen LogP contribution in [0.15, 0.2) is 0 Å². The topological polar surface area (TPSA) is 0 Å². The Kier molecular flexibility index (Phi) is 9.86. The molecule has 1 aliphatic rings. The Bertz CT molecular complexity index is 176. The fourth-order valence-corrected chi connectivity index (χ4v) is 5.30. The van der Waals surface area contributed by atoms with Crippen LogP contribution in [0.5, 0.6) is 0 Å². The van der Waals surface area contributed by atoms with Crippen LogP contribution >= 0.6 is 48.8 Å². The van der Waals surface area contributed by atoms with Crippen LogP contribution in [-0.4, -0.2) is 33.5 Å². The number of rotatable bonds is 8. The fourth-order valence-electron chi connectivity index (χ4n) is 2.38. The second-order valence-electron chi connectivity index (χ2n) is 5.66. The summed E-state index contributed by atoms with van der Waals surface area (Å²) < 4.78 is 0. The molecule has 4 heteroatoms. The highest BCUT2D eigenvalue weighted by Crippen LogP contribution is 2.33. The molecule has 0 spiro atoms. The molecule has 108 valence electrons. The summed E-state index contributed by atoms with van der Waals surface area (Å²) in [7, 11) is 0. The van der Waals surface area contributed by atoms with Crippen molar-refractivity contribution in [1.29, 1.82) is 0 Å². The summed E-state index contributed by atoms with van der Waals surface area (Å²) in [6.45, 7) is 4.37. The Morgan fingerprint density at radius 3 is 1.44 bits per heavy atom. The molecule has 0 bridgehead atoms. The lowest BCUT2D eigenvalue weighted by atomic mass is 9.84. The maximum Gasteiger partial charge on any atom is 0.00791 e. The number of thiol groups is 2. The maximum absolute atomic E-state index is 4.44. The lowest BCUT2D eigenvalue weighted by molar-refractivity contribution is 0.315. The minimum Gasteiger partial charge on any atom is -0.175 e. The molecular weight excluding hydrogens is 296 g/mol. The molecular formula is C14H28S4. The van der Waals surface area contributed by atoms with Crippen LogP contribution in [0.25, 0.3) is 0 Å². The normalized spacial score (nSPS) is 28.0. The predicted octanol–water partition coefficient (Wildman–Crippen LogP) is 4.90. The van der Waals surface area contributed by atoms with Gasteiger partial charge in [0, 0.05) is 22.0 Å². The third-order valence-electron chi connectivity index (χ3n) is 3.39. The Hall–Kier alpha value is 1.40. The highest BCUT2D eigenvalue weighted by Gasteiger charge is 2.21. The number of hydrogen-bond acceptors (Lipinski definition) is 4. The quantitative estimate of drug-likeness (QED) is 0.610. The van der Waals surface area contributed by atoms with Gasteiger partial charge in [-0.1, -0.05) is 13.8 Å². The molecule has 2 unspecified atom stereocenters. The highest BCUT2D eigenvalue weighted by molar-refractivity contribution is 8.00. The van der Waals surface area contributed by atoms with E-state index in [1.54, 1.807) is 0 Å². The van der Waals surface area contributed by atoms with Crippen molar-refractivity contribution in [3.63, 3.8) is 0 Å². The Morgan fingerprint density at radius 2 is 1.17 bits per heavy atom. The van der Waals surface area contributed by atoms with Gasteiger partial charge in [0.25, 0.3) is 0 Å². The van der Waals surface area contributed by atoms with E-state index < -0.39 is 0 Å². The lowest BCUT2D eigenvalue weighted by Crippen LogP contribution is -2.18. The van der Waals surface area contributed by atoms with Gasteiger partial charge < -0.3 is 0 Å². The third kappa shape index (κ3) is 8.55. The van der Waals surface area contributed by atoms with Crippen LogP contribution in [-0.2, 0) is 0 Å². The number of hydrogen-bond donors (Lipinski definition) is 2. The smallest absolute Gasteiger partial charge is 0.00791 e. The lowest BCUT2D eigenvalue weighted by Gasteiger charge is -2.28. The van der Waals surface area contributed by atoms with Crippen molar-refractivity contribution in [2.45, 2.75) is 50.0 Å². The van der Waals surface area contributed by atoms with Crippen molar-refractivity contribution in [1.82, 2.24) is 0 Å². The second kappa shape index (κ2) is 10.2. The van der Waals surface area contributed by atoms with E-state index in [0.29, 0.717) is 10.5 Å². The van der Waals surface area contributed by atoms with Crippen molar-refractivity contribution < 1.29 is 0 Å². The minimum atomic E-state index is 0.547. The van der Waals surface area contributed by atoms with E-state index in [4.69, 9.17) is 0 Å². The predicted molar refractivity (Wildman–Crippen MR) is 97.0 cm³/mol. The van der Waals surface area contributed by atoms with E-state index in [1.807, 2.05) is 0 Å². The molecule has 0 nitrogen and oxygen atoms in total. The molecule has 0 saturated heterocycles. The molecule has 0 amide bonds. The van der Waals surface area contributed by atoms with Crippen molar-refractivity contribution >= 4 is 48.8 Å². The first kappa shape index (κ1) is 17.5. The van der Waals surface area contributed by atoms with Crippen molar-refractivity contribution in [2.75, 3.05) is 23.0 Å². The third-order valence-corrected chi connectivity index (χ3v) is 7.14. The van der Waals surface area contributed by atoms with Gasteiger partial charge in [-0.2, -0.15) is 48.8 Å². The average molecular weight is 325 g/mol. The first-order chi connectivity index (χ1) is 8.58. The molecule has 2 atom stereocenters. The summed E-state index contributed by atoms with van der Waals surface area (Å²) in [5.41, 5.74) is 0. The van der Waals surface area contributed by atoms with Gasteiger partial charge in [0.1, 0.15) is 0 Å². The molecule has 0 aromatic carbocycles. The van der Waals surface area contributed by atoms with E-state index >= 15 is 0 Å². The average Bonchev–Trinajstić information content (AvgIpc) is 2.30. The Labute approximate surface area is 133 Å². The van der Waals surface area contributed by atoms with E-state index in [9.17, 15) is 0 Å². The van der Waals surface area contributed by atoms with E-state index in [2.05, 4.69) is 62.6 Å². The van der Waals surface area contributed by atoms with Crippen molar-refractivity contribution in [3.8, 4) is 0 Å². The van der Waals surface area contributed by atoms with E-state index in [0.717, 1.165) is 11.8 Å². The molecule has 0 heterocycles. The molecule has 0 radical (unpaired) electrons. The molecule has 18 heavy (non-hydrogen) atoms. The Balaban J connectivity index is 2.02. The van der Waals surface area contributed by atoms with Gasteiger partial charge in [0.2, 0.25) is 0 Å². The standard InChI is InChI=1S/C14H28S4/c1-11(15)7-17-9-13-3-5-14(6-4-13)10-18-8-12(2)16/h11-16H,3-10H2,1-2H3. The summed E-state index contributed by atoms with van der Waals surface area (Å²) in [4.78, 5) is 0. The zero-order valence-corrected chi connectivity index (χ0v) is 15.1. The van der Waals surface area contributed by atoms with Crippen LogP contribution in [0.4, 0.5) is 0 Å². The molecule has 1 saturated carbocycles. The highest BCUT2D eigenvalue weighted by atomic mass is 32.2. The molecule has 0 N–H and O–H groups in total. The van der Waals surface area contributed by atoms with Crippen molar-refractivity contribution in [3.05, 3.63) is 0 Å². The zero-order valence-electron chi connectivity index (χ0n) is 11.7. The van der Waals surface area contributed by atoms with Crippen LogP contribution in [0.3, 0.4) is 0 Å². The van der Waals surface area contributed by atoms with E-state index in [-0.39, 0.29) is 0 Å². The van der Waals surface area contributed by atoms with Crippen LogP contribution in [0.2, 0.25) is 0 Å². The molecule has 1 rings (SSSR count). The molecule has 0 aromatic heterocycles. The van der Waals surface area contributed by atoms with Crippen molar-refractivity contribution in [2.24, 2.45) is 11.8 Å². The Morgan fingerprint density at radius 1 is 0.833 bits per heavy atom. The molecule has 0 aliphatic heterocycles. The summed E-state index contributed by atoms with van der Waals surface area (Å²) in [6.07, 6.45) is 5.82. The molecule has 1 fully saturated rings. The first-order valence-corrected chi connectivity index (χ1v) is 10.4. The van der Waals surface area contributed by atoms with Crippen LogP contribution in [0, 0.1) is 11.8 Å². The zero-order chi connectivity index (χ0) is 13.4. The van der Waals surface area contributed by atoms with Gasteiger partial charge in [-0.25, -0.2) is 0 Å². The number of thioether (sulfide) groups is 2. The van der Waals surface area contributed by atoms with E-state index in [1.165, 1.54) is 48.7 Å². The summed E-state index contributed by atoms with van der Waals surface area (Å²) in [5, 5.41) is 1.09. The monoisotopic (exact) mass is 324 g/mol. The van der Waals surface area contributed by atoms with Gasteiger partial charge in [-0.3, -0.25) is 0 Å². The summed E-state index contributed by atoms with van der Waals surface area (Å²) in [5.74, 6) is 7.09. The van der Waals surface area contributed by atoms with Gasteiger partial charge in [-0.05, 0) is 49.0 Å². The molecule has 1 aliphatic carbocycles. The second-order valence-corrected chi connectivity index (χ2v) is 9.57. The van der Waals surface area contributed by atoms with Crippen LogP contribution in [0.1, 0.15) is 39.5 Å². The van der Waals surface area contributed by atoms with Gasteiger partial charge >= 0.3 is 0 Å². The van der Waals surface area contributed by atoms with Gasteiger partial charge in [0.05, 0.1) is 0 Å². The van der Waals surface area contributed by atoms with Gasteiger partial charge in [-0.15, -0.1) is 0 Å². The van der Waals surface area contributed by atoms with Gasteiger partial charge in [0.15, 0.2) is 0 Å². The summed E-state index contributed by atoms with van der Waals surface area (Å²) >= 11 is 13.1. The SMILES string of the molecule is CC(S)CSCC1CCC(CSCC(C)S)CC1. The molecule has 0 aromatic rings. The summed E-state index contributed by atoms with van der Waals surface area (Å²) in [6, 6.07) is 0. The largest absolute Gasteiger partial charge is 0.175 e. The van der Waals surface area contributed by atoms with Crippen LogP contribution < -0.4 is 0 Å². The minimum absolute atomic E-state index is 0.547. The maximum atomic E-state index is 4.44.